The number of hydrogen-bond donors (Lipinski definition) is 1. The van der Waals surface area contributed by atoms with Crippen molar-refractivity contribution in [1.29, 1.82) is 0 Å². The first kappa shape index (κ1) is 15.1. The van der Waals surface area contributed by atoms with Crippen LogP contribution in [0.5, 0.6) is 0 Å². The SMILES string of the molecule is O=C(O)CCn1c(-c2ccccc2)nc2sc3c(c2c1=O)CCC3. The number of thiophene rings is 1. The number of carboxylic acid groups (broad SMARTS) is 1. The highest BCUT2D eigenvalue weighted by atomic mass is 32.1. The van der Waals surface area contributed by atoms with E-state index in [-0.39, 0.29) is 18.5 Å². The molecule has 5 nitrogen and oxygen atoms in total. The zero-order chi connectivity index (χ0) is 16.7. The summed E-state index contributed by atoms with van der Waals surface area (Å²) in [4.78, 5) is 30.9. The summed E-state index contributed by atoms with van der Waals surface area (Å²) in [6.07, 6.45) is 2.90. The average Bonchev–Trinajstić information content (AvgIpc) is 3.14. The summed E-state index contributed by atoms with van der Waals surface area (Å²) in [6.45, 7) is 0.131. The van der Waals surface area contributed by atoms with Gasteiger partial charge in [-0.15, -0.1) is 11.3 Å². The predicted molar refractivity (Wildman–Crippen MR) is 93.6 cm³/mol. The number of hydrogen-bond acceptors (Lipinski definition) is 4. The van der Waals surface area contributed by atoms with Crippen molar-refractivity contribution in [3.05, 3.63) is 51.1 Å². The number of carbonyl (C=O) groups is 1. The molecule has 0 aliphatic heterocycles. The van der Waals surface area contributed by atoms with Crippen LogP contribution >= 0.6 is 11.3 Å². The molecule has 1 aliphatic carbocycles. The van der Waals surface area contributed by atoms with Crippen LogP contribution in [0.1, 0.15) is 23.3 Å². The molecule has 24 heavy (non-hydrogen) atoms. The maximum Gasteiger partial charge on any atom is 0.305 e. The number of carboxylic acids is 1. The Labute approximate surface area is 142 Å². The summed E-state index contributed by atoms with van der Waals surface area (Å²) in [5.74, 6) is -0.370. The first-order valence-electron chi connectivity index (χ1n) is 7.97. The van der Waals surface area contributed by atoms with E-state index in [4.69, 9.17) is 10.1 Å². The van der Waals surface area contributed by atoms with Crippen LogP contribution in [0.25, 0.3) is 21.6 Å². The van der Waals surface area contributed by atoms with Gasteiger partial charge in [-0.2, -0.15) is 0 Å². The van der Waals surface area contributed by atoms with Gasteiger partial charge in [0.25, 0.3) is 5.56 Å². The van der Waals surface area contributed by atoms with Crippen LogP contribution in [0.2, 0.25) is 0 Å². The maximum absolute atomic E-state index is 13.1. The number of aliphatic carboxylic acids is 1. The monoisotopic (exact) mass is 340 g/mol. The first-order valence-corrected chi connectivity index (χ1v) is 8.79. The van der Waals surface area contributed by atoms with Gasteiger partial charge < -0.3 is 5.11 Å². The largest absolute Gasteiger partial charge is 0.481 e. The molecule has 0 atom stereocenters. The number of rotatable bonds is 4. The molecule has 3 aromatic rings. The van der Waals surface area contributed by atoms with Gasteiger partial charge in [0.15, 0.2) is 0 Å². The van der Waals surface area contributed by atoms with E-state index in [0.29, 0.717) is 11.2 Å². The minimum atomic E-state index is -0.920. The van der Waals surface area contributed by atoms with E-state index in [9.17, 15) is 9.59 Å². The minimum absolute atomic E-state index is 0.0980. The third-order valence-electron chi connectivity index (χ3n) is 4.41. The lowest BCUT2D eigenvalue weighted by Gasteiger charge is -2.12. The molecule has 1 aliphatic rings. The van der Waals surface area contributed by atoms with Crippen molar-refractivity contribution >= 4 is 27.5 Å². The van der Waals surface area contributed by atoms with Crippen molar-refractivity contribution in [3.63, 3.8) is 0 Å². The fourth-order valence-corrected chi connectivity index (χ4v) is 4.55. The highest BCUT2D eigenvalue weighted by Gasteiger charge is 2.23. The molecule has 1 aromatic carbocycles. The maximum atomic E-state index is 13.1. The van der Waals surface area contributed by atoms with Crippen molar-refractivity contribution < 1.29 is 9.90 Å². The van der Waals surface area contributed by atoms with Crippen LogP contribution in [0.15, 0.2) is 35.1 Å². The Morgan fingerprint density at radius 2 is 2.04 bits per heavy atom. The Bertz CT molecular complexity index is 989. The zero-order valence-electron chi connectivity index (χ0n) is 13.0. The van der Waals surface area contributed by atoms with Gasteiger partial charge in [-0.25, -0.2) is 4.98 Å². The van der Waals surface area contributed by atoms with Crippen LogP contribution in [0, 0.1) is 0 Å². The lowest BCUT2D eigenvalue weighted by Crippen LogP contribution is -2.24. The van der Waals surface area contributed by atoms with Crippen LogP contribution in [0.4, 0.5) is 0 Å². The van der Waals surface area contributed by atoms with E-state index in [1.54, 1.807) is 11.3 Å². The van der Waals surface area contributed by atoms with Crippen molar-refractivity contribution in [2.75, 3.05) is 0 Å². The average molecular weight is 340 g/mol. The molecule has 6 heteroatoms. The highest BCUT2D eigenvalue weighted by Crippen LogP contribution is 2.35. The Balaban J connectivity index is 1.98. The molecule has 1 N–H and O–H groups in total. The highest BCUT2D eigenvalue weighted by molar-refractivity contribution is 7.18. The van der Waals surface area contributed by atoms with Crippen LogP contribution < -0.4 is 5.56 Å². The Hall–Kier alpha value is -2.47. The smallest absolute Gasteiger partial charge is 0.305 e. The molecule has 122 valence electrons. The topological polar surface area (TPSA) is 72.2 Å². The second-order valence-corrected chi connectivity index (χ2v) is 7.02. The van der Waals surface area contributed by atoms with E-state index >= 15 is 0 Å². The van der Waals surface area contributed by atoms with Gasteiger partial charge in [0.05, 0.1) is 11.8 Å². The summed E-state index contributed by atoms with van der Waals surface area (Å²) in [5, 5.41) is 9.71. The molecule has 0 unspecified atom stereocenters. The molecule has 0 saturated carbocycles. The molecule has 0 saturated heterocycles. The molecule has 0 fully saturated rings. The quantitative estimate of drug-likeness (QED) is 0.792. The van der Waals surface area contributed by atoms with E-state index in [1.807, 2.05) is 30.3 Å². The van der Waals surface area contributed by atoms with Gasteiger partial charge in [0.2, 0.25) is 0 Å². The Morgan fingerprint density at radius 3 is 2.79 bits per heavy atom. The lowest BCUT2D eigenvalue weighted by atomic mass is 10.1. The van der Waals surface area contributed by atoms with Crippen molar-refractivity contribution in [1.82, 2.24) is 9.55 Å². The lowest BCUT2D eigenvalue weighted by molar-refractivity contribution is -0.137. The molecule has 2 aromatic heterocycles. The predicted octanol–water partition coefficient (Wildman–Crippen LogP) is 3.09. The molecular weight excluding hydrogens is 324 g/mol. The summed E-state index contributed by atoms with van der Waals surface area (Å²) in [5.41, 5.74) is 1.84. The van der Waals surface area contributed by atoms with Crippen LogP contribution in [-0.2, 0) is 24.2 Å². The van der Waals surface area contributed by atoms with Crippen LogP contribution in [0.3, 0.4) is 0 Å². The zero-order valence-corrected chi connectivity index (χ0v) is 13.8. The van der Waals surface area contributed by atoms with Crippen LogP contribution in [-0.4, -0.2) is 20.6 Å². The van der Waals surface area contributed by atoms with E-state index in [2.05, 4.69) is 0 Å². The summed E-state index contributed by atoms with van der Waals surface area (Å²) in [7, 11) is 0. The minimum Gasteiger partial charge on any atom is -0.481 e. The fraction of sp³-hybridized carbons (Fsp3) is 0.278. The van der Waals surface area contributed by atoms with Gasteiger partial charge >= 0.3 is 5.97 Å². The number of nitrogens with zero attached hydrogens (tertiary/aromatic N) is 2. The van der Waals surface area contributed by atoms with E-state index in [0.717, 1.165) is 35.2 Å². The fourth-order valence-electron chi connectivity index (χ4n) is 3.30. The second-order valence-electron chi connectivity index (χ2n) is 5.94. The first-order chi connectivity index (χ1) is 11.6. The number of aryl methyl sites for hydroxylation is 2. The van der Waals surface area contributed by atoms with Gasteiger partial charge in [-0.05, 0) is 24.8 Å². The molecule has 2 heterocycles. The molecular formula is C18H16N2O3S. The summed E-state index contributed by atoms with van der Waals surface area (Å²) < 4.78 is 1.52. The molecule has 0 spiro atoms. The van der Waals surface area contributed by atoms with Gasteiger partial charge in [0, 0.05) is 17.0 Å². The van der Waals surface area contributed by atoms with Crippen molar-refractivity contribution in [3.8, 4) is 11.4 Å². The molecule has 0 amide bonds. The molecule has 4 rings (SSSR count). The van der Waals surface area contributed by atoms with Gasteiger partial charge in [-0.1, -0.05) is 30.3 Å². The van der Waals surface area contributed by atoms with E-state index < -0.39 is 5.97 Å². The van der Waals surface area contributed by atoms with Gasteiger partial charge in [0.1, 0.15) is 10.7 Å². The second kappa shape index (κ2) is 5.87. The number of aromatic nitrogens is 2. The summed E-state index contributed by atoms with van der Waals surface area (Å²) >= 11 is 1.60. The van der Waals surface area contributed by atoms with Gasteiger partial charge in [-0.3, -0.25) is 14.2 Å². The van der Waals surface area contributed by atoms with Crippen molar-refractivity contribution in [2.24, 2.45) is 0 Å². The molecule has 0 radical (unpaired) electrons. The van der Waals surface area contributed by atoms with E-state index in [1.165, 1.54) is 9.44 Å². The summed E-state index contributed by atoms with van der Waals surface area (Å²) in [6, 6.07) is 9.48. The standard InChI is InChI=1S/C18H16N2O3S/c21-14(22)9-10-20-16(11-5-2-1-3-6-11)19-17-15(18(20)23)12-7-4-8-13(12)24-17/h1-3,5-6H,4,7-10H2,(H,21,22). The number of fused-ring (bicyclic) bond motifs is 3. The Kier molecular flexibility index (Phi) is 3.69. The van der Waals surface area contributed by atoms with Crippen molar-refractivity contribution in [2.45, 2.75) is 32.2 Å². The normalized spacial score (nSPS) is 13.3. The molecule has 0 bridgehead atoms. The third kappa shape index (κ3) is 2.43. The Morgan fingerprint density at radius 1 is 1.25 bits per heavy atom. The third-order valence-corrected chi connectivity index (χ3v) is 5.59. The number of benzene rings is 1.